The van der Waals surface area contributed by atoms with Crippen molar-refractivity contribution < 1.29 is 19.1 Å². The van der Waals surface area contributed by atoms with Crippen LogP contribution in [0.3, 0.4) is 0 Å². The standard InChI is InChI=1S/C19H19N7O4/c1-26-18(22-24-25-26)17(13-6-3-2-4-7-13)23-30-10-14-8-5-9-16(20-14)21-19(27)29-12-15-11-28-15/h2-9,15H,10-12H2,1H3,(H,20,21,27)/b23-17-. The SMILES string of the molecule is Cn1nnnc1/C(=N\OCc1cccc(NC(=O)OCC2CO2)n1)c1ccccc1. The van der Waals surface area contributed by atoms with E-state index in [2.05, 4.69) is 31.0 Å². The zero-order valence-electron chi connectivity index (χ0n) is 16.1. The van der Waals surface area contributed by atoms with Gasteiger partial charge < -0.3 is 14.3 Å². The van der Waals surface area contributed by atoms with Gasteiger partial charge in [0.2, 0.25) is 5.82 Å². The van der Waals surface area contributed by atoms with Crippen LogP contribution in [-0.4, -0.2) is 56.3 Å². The van der Waals surface area contributed by atoms with Crippen molar-refractivity contribution in [2.45, 2.75) is 12.7 Å². The van der Waals surface area contributed by atoms with E-state index in [0.29, 0.717) is 29.7 Å². The summed E-state index contributed by atoms with van der Waals surface area (Å²) in [6, 6.07) is 14.6. The molecule has 0 aliphatic carbocycles. The van der Waals surface area contributed by atoms with Crippen LogP contribution in [0.25, 0.3) is 0 Å². The molecule has 0 spiro atoms. The highest BCUT2D eigenvalue weighted by Crippen LogP contribution is 2.12. The van der Waals surface area contributed by atoms with Crippen molar-refractivity contribution in [3.05, 3.63) is 65.6 Å². The van der Waals surface area contributed by atoms with Gasteiger partial charge in [0.25, 0.3) is 0 Å². The molecule has 1 aliphatic heterocycles. The molecular formula is C19H19N7O4. The van der Waals surface area contributed by atoms with Gasteiger partial charge in [0.15, 0.2) is 12.3 Å². The maximum atomic E-state index is 11.8. The van der Waals surface area contributed by atoms with Crippen LogP contribution >= 0.6 is 0 Å². The summed E-state index contributed by atoms with van der Waals surface area (Å²) in [5, 5.41) is 18.3. The number of amides is 1. The van der Waals surface area contributed by atoms with Crippen LogP contribution in [0.1, 0.15) is 17.1 Å². The van der Waals surface area contributed by atoms with Gasteiger partial charge in [-0.2, -0.15) is 0 Å². The number of hydrogen-bond donors (Lipinski definition) is 1. The predicted octanol–water partition coefficient (Wildman–Crippen LogP) is 1.52. The molecule has 1 atom stereocenters. The number of oxime groups is 1. The summed E-state index contributed by atoms with van der Waals surface area (Å²) in [5.74, 6) is 0.814. The lowest BCUT2D eigenvalue weighted by molar-refractivity contribution is 0.128. The second-order valence-corrected chi connectivity index (χ2v) is 6.40. The number of hydrogen-bond acceptors (Lipinski definition) is 9. The molecule has 3 aromatic rings. The Bertz CT molecular complexity index is 1030. The summed E-state index contributed by atoms with van der Waals surface area (Å²) >= 11 is 0. The second kappa shape index (κ2) is 9.09. The Kier molecular flexibility index (Phi) is 5.90. The van der Waals surface area contributed by atoms with E-state index in [9.17, 15) is 4.79 Å². The van der Waals surface area contributed by atoms with Crippen LogP contribution in [0, 0.1) is 0 Å². The summed E-state index contributed by atoms with van der Waals surface area (Å²) in [7, 11) is 1.72. The largest absolute Gasteiger partial charge is 0.446 e. The third kappa shape index (κ3) is 5.14. The van der Waals surface area contributed by atoms with E-state index in [1.165, 1.54) is 4.68 Å². The molecule has 1 amide bonds. The molecule has 30 heavy (non-hydrogen) atoms. The number of nitrogens with zero attached hydrogens (tertiary/aromatic N) is 6. The van der Waals surface area contributed by atoms with Crippen molar-refractivity contribution in [1.82, 2.24) is 25.2 Å². The van der Waals surface area contributed by atoms with Gasteiger partial charge in [-0.15, -0.1) is 5.10 Å². The Morgan fingerprint density at radius 3 is 2.83 bits per heavy atom. The minimum absolute atomic E-state index is 0.00392. The molecule has 0 radical (unpaired) electrons. The Labute approximate surface area is 171 Å². The number of epoxide rings is 1. The quantitative estimate of drug-likeness (QED) is 0.337. The van der Waals surface area contributed by atoms with E-state index in [4.69, 9.17) is 14.3 Å². The molecule has 154 valence electrons. The third-order valence-electron chi connectivity index (χ3n) is 4.09. The van der Waals surface area contributed by atoms with Gasteiger partial charge in [0, 0.05) is 12.6 Å². The van der Waals surface area contributed by atoms with E-state index in [0.717, 1.165) is 5.56 Å². The number of carbonyl (C=O) groups excluding carboxylic acids is 1. The van der Waals surface area contributed by atoms with Gasteiger partial charge in [0.1, 0.15) is 18.5 Å². The van der Waals surface area contributed by atoms with Crippen molar-refractivity contribution in [2.75, 3.05) is 18.5 Å². The Morgan fingerprint density at radius 2 is 2.10 bits per heavy atom. The van der Waals surface area contributed by atoms with E-state index in [1.807, 2.05) is 30.3 Å². The number of aryl methyl sites for hydroxylation is 1. The minimum atomic E-state index is -0.588. The number of ether oxygens (including phenoxy) is 2. The van der Waals surface area contributed by atoms with E-state index < -0.39 is 6.09 Å². The molecule has 1 unspecified atom stereocenters. The van der Waals surface area contributed by atoms with Gasteiger partial charge in [0.05, 0.1) is 12.3 Å². The average molecular weight is 409 g/mol. The molecule has 11 heteroatoms. The highest BCUT2D eigenvalue weighted by Gasteiger charge is 2.24. The van der Waals surface area contributed by atoms with Crippen molar-refractivity contribution in [1.29, 1.82) is 0 Å². The lowest BCUT2D eigenvalue weighted by Gasteiger charge is -2.08. The zero-order chi connectivity index (χ0) is 20.8. The van der Waals surface area contributed by atoms with Gasteiger partial charge >= 0.3 is 6.09 Å². The van der Waals surface area contributed by atoms with E-state index in [1.54, 1.807) is 25.2 Å². The summed E-state index contributed by atoms with van der Waals surface area (Å²) < 4.78 is 11.5. The van der Waals surface area contributed by atoms with Crippen molar-refractivity contribution in [3.8, 4) is 0 Å². The van der Waals surface area contributed by atoms with Crippen LogP contribution in [-0.2, 0) is 28.0 Å². The fraction of sp³-hybridized carbons (Fsp3) is 0.263. The first-order valence-corrected chi connectivity index (χ1v) is 9.18. The second-order valence-electron chi connectivity index (χ2n) is 6.40. The third-order valence-corrected chi connectivity index (χ3v) is 4.09. The zero-order valence-corrected chi connectivity index (χ0v) is 16.1. The maximum absolute atomic E-state index is 11.8. The van der Waals surface area contributed by atoms with Crippen molar-refractivity contribution in [2.24, 2.45) is 12.2 Å². The molecule has 1 fully saturated rings. The first-order chi connectivity index (χ1) is 14.7. The number of rotatable bonds is 8. The molecule has 4 rings (SSSR count). The molecule has 1 aromatic carbocycles. The number of anilines is 1. The molecule has 1 aliphatic rings. The summed E-state index contributed by atoms with van der Waals surface area (Å²) in [4.78, 5) is 21.6. The summed E-state index contributed by atoms with van der Waals surface area (Å²) in [5.41, 5.74) is 1.87. The molecule has 0 bridgehead atoms. The Hall–Kier alpha value is -3.86. The first-order valence-electron chi connectivity index (χ1n) is 9.18. The van der Waals surface area contributed by atoms with Crippen LogP contribution in [0.5, 0.6) is 0 Å². The van der Waals surface area contributed by atoms with E-state index in [-0.39, 0.29) is 19.3 Å². The normalized spacial score (nSPS) is 15.5. The van der Waals surface area contributed by atoms with Gasteiger partial charge in [-0.05, 0) is 22.6 Å². The van der Waals surface area contributed by atoms with Crippen LogP contribution in [0.15, 0.2) is 53.7 Å². The molecule has 1 N–H and O–H groups in total. The molecular weight excluding hydrogens is 390 g/mol. The number of aromatic nitrogens is 5. The molecule has 0 saturated carbocycles. The first kappa shape index (κ1) is 19.5. The summed E-state index contributed by atoms with van der Waals surface area (Å²) in [6.07, 6.45) is -0.584. The minimum Gasteiger partial charge on any atom is -0.446 e. The van der Waals surface area contributed by atoms with Crippen LogP contribution in [0.4, 0.5) is 10.6 Å². The molecule has 11 nitrogen and oxygen atoms in total. The summed E-state index contributed by atoms with van der Waals surface area (Å²) in [6.45, 7) is 0.929. The fourth-order valence-corrected chi connectivity index (χ4v) is 2.51. The molecule has 1 saturated heterocycles. The maximum Gasteiger partial charge on any atom is 0.412 e. The van der Waals surface area contributed by atoms with Crippen molar-refractivity contribution in [3.63, 3.8) is 0 Å². The highest BCUT2D eigenvalue weighted by molar-refractivity contribution is 6.10. The monoisotopic (exact) mass is 409 g/mol. The van der Waals surface area contributed by atoms with Crippen molar-refractivity contribution >= 4 is 17.6 Å². The lowest BCUT2D eigenvalue weighted by atomic mass is 10.1. The van der Waals surface area contributed by atoms with E-state index >= 15 is 0 Å². The van der Waals surface area contributed by atoms with Crippen LogP contribution < -0.4 is 5.32 Å². The number of benzene rings is 1. The number of nitrogens with one attached hydrogen (secondary N) is 1. The number of tetrazole rings is 1. The smallest absolute Gasteiger partial charge is 0.412 e. The van der Waals surface area contributed by atoms with Gasteiger partial charge in [-0.25, -0.2) is 14.5 Å². The molecule has 3 heterocycles. The molecule has 2 aromatic heterocycles. The predicted molar refractivity (Wildman–Crippen MR) is 105 cm³/mol. The fourth-order valence-electron chi connectivity index (χ4n) is 2.51. The van der Waals surface area contributed by atoms with Gasteiger partial charge in [-0.1, -0.05) is 41.6 Å². The number of carbonyl (C=O) groups is 1. The Morgan fingerprint density at radius 1 is 1.27 bits per heavy atom. The number of pyridine rings is 1. The highest BCUT2D eigenvalue weighted by atomic mass is 16.6. The van der Waals surface area contributed by atoms with Gasteiger partial charge in [-0.3, -0.25) is 5.32 Å². The lowest BCUT2D eigenvalue weighted by Crippen LogP contribution is -2.17. The average Bonchev–Trinajstić information content (AvgIpc) is 3.50. The Balaban J connectivity index is 1.41. The topological polar surface area (TPSA) is 129 Å². The van der Waals surface area contributed by atoms with Crippen LogP contribution in [0.2, 0.25) is 0 Å².